The van der Waals surface area contributed by atoms with E-state index in [4.69, 9.17) is 5.73 Å². The minimum absolute atomic E-state index is 0.0279. The molecule has 0 aromatic heterocycles. The van der Waals surface area contributed by atoms with Gasteiger partial charge in [0.15, 0.2) is 0 Å². The smallest absolute Gasteiger partial charge is 0.399 e. The van der Waals surface area contributed by atoms with Gasteiger partial charge in [-0.2, -0.15) is 13.2 Å². The molecule has 1 aromatic carbocycles. The molecule has 1 aliphatic carbocycles. The van der Waals surface area contributed by atoms with Crippen molar-refractivity contribution >= 4 is 5.69 Å². The second-order valence-corrected chi connectivity index (χ2v) is 3.87. The number of hydrogen-bond acceptors (Lipinski definition) is 2. The summed E-state index contributed by atoms with van der Waals surface area (Å²) in [6.07, 6.45) is -3.43. The highest BCUT2D eigenvalue weighted by molar-refractivity contribution is 5.48. The van der Waals surface area contributed by atoms with Crippen molar-refractivity contribution in [2.45, 2.75) is 24.6 Å². The van der Waals surface area contributed by atoms with Gasteiger partial charge in [-0.05, 0) is 36.6 Å². The molecule has 1 fully saturated rings. The van der Waals surface area contributed by atoms with Crippen LogP contribution in [0.4, 0.5) is 18.9 Å². The van der Waals surface area contributed by atoms with Gasteiger partial charge in [0.1, 0.15) is 0 Å². The Bertz CT molecular complexity index is 373. The molecule has 0 spiro atoms. The van der Waals surface area contributed by atoms with Crippen molar-refractivity contribution in [3.05, 3.63) is 29.3 Å². The lowest BCUT2D eigenvalue weighted by Crippen LogP contribution is -2.11. The van der Waals surface area contributed by atoms with Crippen LogP contribution in [-0.4, -0.2) is 5.11 Å². The summed E-state index contributed by atoms with van der Waals surface area (Å²) in [6, 6.07) is 3.22. The van der Waals surface area contributed by atoms with Crippen molar-refractivity contribution in [3.63, 3.8) is 0 Å². The second kappa shape index (κ2) is 2.88. The van der Waals surface area contributed by atoms with Gasteiger partial charge in [0.05, 0.1) is 11.2 Å². The summed E-state index contributed by atoms with van der Waals surface area (Å²) in [7, 11) is 0. The van der Waals surface area contributed by atoms with Gasteiger partial charge in [-0.25, -0.2) is 0 Å². The fourth-order valence-electron chi connectivity index (χ4n) is 1.49. The summed E-state index contributed by atoms with van der Waals surface area (Å²) in [5, 5.41) is 9.69. The minimum Gasteiger partial charge on any atom is -0.399 e. The molecule has 82 valence electrons. The van der Waals surface area contributed by atoms with Crippen LogP contribution in [-0.2, 0) is 11.8 Å². The molecule has 0 heterocycles. The number of anilines is 1. The van der Waals surface area contributed by atoms with E-state index in [-0.39, 0.29) is 11.3 Å². The zero-order valence-electron chi connectivity index (χ0n) is 7.80. The zero-order chi connectivity index (χ0) is 11.3. The van der Waals surface area contributed by atoms with E-state index in [9.17, 15) is 18.3 Å². The van der Waals surface area contributed by atoms with Crippen LogP contribution in [0.2, 0.25) is 0 Å². The Morgan fingerprint density at radius 3 is 2.27 bits per heavy atom. The van der Waals surface area contributed by atoms with Crippen molar-refractivity contribution in [3.8, 4) is 0 Å². The van der Waals surface area contributed by atoms with Crippen LogP contribution >= 0.6 is 0 Å². The van der Waals surface area contributed by atoms with Crippen molar-refractivity contribution in [1.29, 1.82) is 0 Å². The van der Waals surface area contributed by atoms with Crippen molar-refractivity contribution in [1.82, 2.24) is 0 Å². The average molecular weight is 217 g/mol. The Morgan fingerprint density at radius 1 is 1.20 bits per heavy atom. The second-order valence-electron chi connectivity index (χ2n) is 3.87. The molecule has 0 atom stereocenters. The molecule has 0 radical (unpaired) electrons. The first-order chi connectivity index (χ1) is 6.81. The first-order valence-electron chi connectivity index (χ1n) is 4.52. The third kappa shape index (κ3) is 1.92. The number of nitrogen functional groups attached to an aromatic ring is 1. The maximum Gasteiger partial charge on any atom is 0.416 e. The number of benzene rings is 1. The largest absolute Gasteiger partial charge is 0.416 e. The number of alkyl halides is 3. The highest BCUT2D eigenvalue weighted by Gasteiger charge is 2.43. The first kappa shape index (κ1) is 10.3. The molecule has 1 aromatic rings. The van der Waals surface area contributed by atoms with Crippen LogP contribution in [0.5, 0.6) is 0 Å². The molecular weight excluding hydrogens is 207 g/mol. The summed E-state index contributed by atoms with van der Waals surface area (Å²) in [5.41, 5.74) is 3.76. The predicted molar refractivity (Wildman–Crippen MR) is 49.0 cm³/mol. The molecule has 1 saturated carbocycles. The SMILES string of the molecule is Nc1cc(C(F)(F)F)cc(C2(O)CC2)c1. The molecule has 0 unspecified atom stereocenters. The van der Waals surface area contributed by atoms with Crippen molar-refractivity contribution in [2.24, 2.45) is 0 Å². The van der Waals surface area contributed by atoms with E-state index in [2.05, 4.69) is 0 Å². The van der Waals surface area contributed by atoms with E-state index in [1.54, 1.807) is 0 Å². The summed E-state index contributed by atoms with van der Waals surface area (Å²) < 4.78 is 37.3. The lowest BCUT2D eigenvalue weighted by atomic mass is 10.0. The van der Waals surface area contributed by atoms with Crippen LogP contribution in [0.3, 0.4) is 0 Å². The highest BCUT2D eigenvalue weighted by Crippen LogP contribution is 2.47. The normalized spacial score (nSPS) is 18.9. The van der Waals surface area contributed by atoms with Crippen LogP contribution in [0, 0.1) is 0 Å². The summed E-state index contributed by atoms with van der Waals surface area (Å²) >= 11 is 0. The maximum atomic E-state index is 12.4. The molecule has 15 heavy (non-hydrogen) atoms. The lowest BCUT2D eigenvalue weighted by Gasteiger charge is -2.13. The standard InChI is InChI=1S/C10H10F3NO/c11-10(12,13)7-3-6(4-8(14)5-7)9(15)1-2-9/h3-5,15H,1-2,14H2. The first-order valence-corrected chi connectivity index (χ1v) is 4.52. The highest BCUT2D eigenvalue weighted by atomic mass is 19.4. The summed E-state index contributed by atoms with van der Waals surface area (Å²) in [5.74, 6) is 0. The van der Waals surface area contributed by atoms with Gasteiger partial charge in [-0.3, -0.25) is 0 Å². The Labute approximate surface area is 84.5 Å². The van der Waals surface area contributed by atoms with E-state index in [1.807, 2.05) is 0 Å². The van der Waals surface area contributed by atoms with Crippen LogP contribution in [0.25, 0.3) is 0 Å². The molecule has 0 aliphatic heterocycles. The van der Waals surface area contributed by atoms with E-state index >= 15 is 0 Å². The number of hydrogen-bond donors (Lipinski definition) is 2. The summed E-state index contributed by atoms with van der Waals surface area (Å²) in [6.45, 7) is 0. The van der Waals surface area contributed by atoms with E-state index in [1.165, 1.54) is 6.07 Å². The number of rotatable bonds is 1. The van der Waals surface area contributed by atoms with Gasteiger partial charge in [-0.1, -0.05) is 0 Å². The van der Waals surface area contributed by atoms with Crippen molar-refractivity contribution < 1.29 is 18.3 Å². The van der Waals surface area contributed by atoms with E-state index in [0.29, 0.717) is 12.8 Å². The van der Waals surface area contributed by atoms with Gasteiger partial charge in [0.25, 0.3) is 0 Å². The van der Waals surface area contributed by atoms with Gasteiger partial charge in [-0.15, -0.1) is 0 Å². The van der Waals surface area contributed by atoms with Gasteiger partial charge in [0, 0.05) is 5.69 Å². The molecule has 0 bridgehead atoms. The van der Waals surface area contributed by atoms with Gasteiger partial charge < -0.3 is 10.8 Å². The fourth-order valence-corrected chi connectivity index (χ4v) is 1.49. The fraction of sp³-hybridized carbons (Fsp3) is 0.400. The minimum atomic E-state index is -4.42. The molecule has 2 rings (SSSR count). The predicted octanol–water partition coefficient (Wildman–Crippen LogP) is 2.27. The number of halogens is 3. The molecule has 0 saturated heterocycles. The van der Waals surface area contributed by atoms with Crippen LogP contribution in [0.1, 0.15) is 24.0 Å². The Morgan fingerprint density at radius 2 is 1.80 bits per heavy atom. The third-order valence-corrected chi connectivity index (χ3v) is 2.54. The number of aliphatic hydroxyl groups is 1. The van der Waals surface area contributed by atoms with Crippen LogP contribution < -0.4 is 5.73 Å². The molecular formula is C10H10F3NO. The van der Waals surface area contributed by atoms with E-state index in [0.717, 1.165) is 12.1 Å². The number of nitrogens with two attached hydrogens (primary N) is 1. The molecule has 0 amide bonds. The molecule has 5 heteroatoms. The lowest BCUT2D eigenvalue weighted by molar-refractivity contribution is -0.137. The average Bonchev–Trinajstić information content (AvgIpc) is 2.82. The molecule has 2 nitrogen and oxygen atoms in total. The Kier molecular flexibility index (Phi) is 1.98. The van der Waals surface area contributed by atoms with Gasteiger partial charge in [0.2, 0.25) is 0 Å². The topological polar surface area (TPSA) is 46.2 Å². The zero-order valence-corrected chi connectivity index (χ0v) is 7.80. The Hall–Kier alpha value is -1.23. The quantitative estimate of drug-likeness (QED) is 0.709. The maximum absolute atomic E-state index is 12.4. The molecule has 3 N–H and O–H groups in total. The third-order valence-electron chi connectivity index (χ3n) is 2.54. The molecule has 1 aliphatic rings. The monoisotopic (exact) mass is 217 g/mol. The van der Waals surface area contributed by atoms with Crippen LogP contribution in [0.15, 0.2) is 18.2 Å². The Balaban J connectivity index is 2.46. The van der Waals surface area contributed by atoms with Gasteiger partial charge >= 0.3 is 6.18 Å². The van der Waals surface area contributed by atoms with Crippen molar-refractivity contribution in [2.75, 3.05) is 5.73 Å². The van der Waals surface area contributed by atoms with E-state index < -0.39 is 17.3 Å². The summed E-state index contributed by atoms with van der Waals surface area (Å²) in [4.78, 5) is 0.